The number of amides is 1. The summed E-state index contributed by atoms with van der Waals surface area (Å²) in [6.07, 6.45) is 8.30. The second-order valence-corrected chi connectivity index (χ2v) is 8.94. The van der Waals surface area contributed by atoms with Crippen LogP contribution in [0, 0.1) is 11.7 Å². The maximum atomic E-state index is 15.1. The van der Waals surface area contributed by atoms with Crippen LogP contribution in [0.25, 0.3) is 55.8 Å². The van der Waals surface area contributed by atoms with Crippen molar-refractivity contribution < 1.29 is 9.18 Å². The number of pyridine rings is 3. The number of benzene rings is 1. The highest BCUT2D eigenvalue weighted by Crippen LogP contribution is 2.34. The molecule has 0 aliphatic rings. The Kier molecular flexibility index (Phi) is 5.41. The number of imidazole rings is 1. The highest BCUT2D eigenvalue weighted by atomic mass is 19.1. The van der Waals surface area contributed by atoms with Gasteiger partial charge in [-0.15, -0.1) is 0 Å². The third kappa shape index (κ3) is 4.08. The first-order valence-electron chi connectivity index (χ1n) is 11.7. The zero-order valence-electron chi connectivity index (χ0n) is 20.0. The number of hydrogen-bond donors (Lipinski definition) is 3. The van der Waals surface area contributed by atoms with Crippen LogP contribution in [0.4, 0.5) is 10.1 Å². The van der Waals surface area contributed by atoms with Crippen LogP contribution in [-0.4, -0.2) is 41.0 Å². The largest absolute Gasteiger partial charge is 0.337 e. The molecule has 0 unspecified atom stereocenters. The van der Waals surface area contributed by atoms with Gasteiger partial charge in [0.15, 0.2) is 11.6 Å². The van der Waals surface area contributed by atoms with Crippen LogP contribution in [0.1, 0.15) is 13.8 Å². The summed E-state index contributed by atoms with van der Waals surface area (Å²) in [5.74, 6) is -0.275. The summed E-state index contributed by atoms with van der Waals surface area (Å²) in [5, 5.41) is 10.5. The van der Waals surface area contributed by atoms with Crippen molar-refractivity contribution in [2.24, 2.45) is 5.92 Å². The summed E-state index contributed by atoms with van der Waals surface area (Å²) >= 11 is 0. The lowest BCUT2D eigenvalue weighted by atomic mass is 10.0. The van der Waals surface area contributed by atoms with Gasteiger partial charge in [-0.25, -0.2) is 9.37 Å². The van der Waals surface area contributed by atoms with Crippen molar-refractivity contribution in [2.75, 3.05) is 5.32 Å². The summed E-state index contributed by atoms with van der Waals surface area (Å²) in [7, 11) is 0. The van der Waals surface area contributed by atoms with Crippen LogP contribution in [0.3, 0.4) is 0 Å². The van der Waals surface area contributed by atoms with E-state index in [0.29, 0.717) is 44.9 Å². The van der Waals surface area contributed by atoms with E-state index in [2.05, 4.69) is 35.5 Å². The first-order chi connectivity index (χ1) is 18.0. The molecule has 6 aromatic rings. The van der Waals surface area contributed by atoms with Crippen molar-refractivity contribution in [1.29, 1.82) is 0 Å². The highest BCUT2D eigenvalue weighted by molar-refractivity contribution is 5.98. The first-order valence-corrected chi connectivity index (χ1v) is 11.7. The standard InChI is InChI=1S/C27H21FN8O/c1-14(2)27(37)32-18-9-17(12-30-13-18)16-10-19-23(20(28)11-16)35-36-24(19)26-33-21-5-8-31-22(25(21)34-26)15-3-6-29-7-4-15/h3-14H,1-2H3,(H,32,37)(H,33,34)(H,35,36). The number of rotatable bonds is 5. The van der Waals surface area contributed by atoms with Gasteiger partial charge in [-0.1, -0.05) is 13.8 Å². The fraction of sp³-hybridized carbons (Fsp3) is 0.111. The summed E-state index contributed by atoms with van der Waals surface area (Å²) in [5.41, 5.74) is 5.60. The van der Waals surface area contributed by atoms with E-state index in [1.165, 1.54) is 6.07 Å². The molecule has 0 aliphatic carbocycles. The van der Waals surface area contributed by atoms with Crippen LogP contribution >= 0.6 is 0 Å². The molecule has 5 aromatic heterocycles. The molecule has 37 heavy (non-hydrogen) atoms. The monoisotopic (exact) mass is 492 g/mol. The van der Waals surface area contributed by atoms with Gasteiger partial charge in [0.05, 0.1) is 23.1 Å². The van der Waals surface area contributed by atoms with Gasteiger partial charge in [-0.3, -0.25) is 24.8 Å². The van der Waals surface area contributed by atoms with Gasteiger partial charge < -0.3 is 10.3 Å². The third-order valence-electron chi connectivity index (χ3n) is 6.07. The lowest BCUT2D eigenvalue weighted by molar-refractivity contribution is -0.118. The van der Waals surface area contributed by atoms with Gasteiger partial charge in [0, 0.05) is 47.2 Å². The molecule has 5 heterocycles. The number of aromatic nitrogens is 7. The minimum Gasteiger partial charge on any atom is -0.337 e. The normalized spacial score (nSPS) is 11.5. The molecule has 182 valence electrons. The summed E-state index contributed by atoms with van der Waals surface area (Å²) < 4.78 is 15.1. The number of fused-ring (bicyclic) bond motifs is 2. The Morgan fingerprint density at radius 1 is 0.946 bits per heavy atom. The van der Waals surface area contributed by atoms with Gasteiger partial charge in [-0.2, -0.15) is 5.10 Å². The smallest absolute Gasteiger partial charge is 0.226 e. The quantitative estimate of drug-likeness (QED) is 0.298. The number of nitrogens with one attached hydrogen (secondary N) is 3. The lowest BCUT2D eigenvalue weighted by Gasteiger charge is -2.09. The molecule has 6 rings (SSSR count). The average molecular weight is 493 g/mol. The number of nitrogens with zero attached hydrogens (tertiary/aromatic N) is 5. The maximum Gasteiger partial charge on any atom is 0.226 e. The van der Waals surface area contributed by atoms with E-state index in [-0.39, 0.29) is 17.3 Å². The van der Waals surface area contributed by atoms with Crippen LogP contribution < -0.4 is 5.32 Å². The molecule has 0 aliphatic heterocycles. The van der Waals surface area contributed by atoms with Crippen molar-refractivity contribution in [3.8, 4) is 33.9 Å². The van der Waals surface area contributed by atoms with Crippen molar-refractivity contribution in [1.82, 2.24) is 35.1 Å². The molecule has 0 radical (unpaired) electrons. The SMILES string of the molecule is CC(C)C(=O)Nc1cncc(-c2cc(F)c3n[nH]c(-c4nc5c(-c6ccncc6)nccc5[nH]4)c3c2)c1. The molecular weight excluding hydrogens is 471 g/mol. The van der Waals surface area contributed by atoms with Crippen LogP contribution in [0.5, 0.6) is 0 Å². The Morgan fingerprint density at radius 3 is 2.59 bits per heavy atom. The molecule has 0 saturated heterocycles. The van der Waals surface area contributed by atoms with Crippen LogP contribution in [0.2, 0.25) is 0 Å². The molecule has 1 aromatic carbocycles. The van der Waals surface area contributed by atoms with Crippen LogP contribution in [0.15, 0.2) is 67.4 Å². The van der Waals surface area contributed by atoms with Gasteiger partial charge in [0.1, 0.15) is 16.7 Å². The number of carbonyl (C=O) groups is 1. The molecule has 0 spiro atoms. The Morgan fingerprint density at radius 2 is 1.78 bits per heavy atom. The number of halogens is 1. The molecule has 10 heteroatoms. The van der Waals surface area contributed by atoms with E-state index in [4.69, 9.17) is 4.98 Å². The van der Waals surface area contributed by atoms with Crippen molar-refractivity contribution >= 4 is 33.5 Å². The van der Waals surface area contributed by atoms with E-state index < -0.39 is 5.82 Å². The Labute approximate surface area is 210 Å². The number of hydrogen-bond acceptors (Lipinski definition) is 6. The minimum atomic E-state index is -0.484. The summed E-state index contributed by atoms with van der Waals surface area (Å²) in [6, 6.07) is 10.6. The van der Waals surface area contributed by atoms with E-state index in [9.17, 15) is 4.79 Å². The predicted octanol–water partition coefficient (Wildman–Crippen LogP) is 5.36. The Balaban J connectivity index is 1.45. The second kappa shape index (κ2) is 8.90. The Hall–Kier alpha value is -4.99. The number of carbonyl (C=O) groups excluding carboxylic acids is 1. The zero-order valence-corrected chi connectivity index (χ0v) is 20.0. The third-order valence-corrected chi connectivity index (χ3v) is 6.07. The van der Waals surface area contributed by atoms with Crippen molar-refractivity contribution in [3.63, 3.8) is 0 Å². The second-order valence-electron chi connectivity index (χ2n) is 8.94. The molecule has 0 atom stereocenters. The summed E-state index contributed by atoms with van der Waals surface area (Å²) in [6.45, 7) is 3.62. The van der Waals surface area contributed by atoms with E-state index in [1.807, 2.05) is 38.1 Å². The average Bonchev–Trinajstić information content (AvgIpc) is 3.53. The number of H-pyrrole nitrogens is 2. The van der Waals surface area contributed by atoms with Crippen molar-refractivity contribution in [2.45, 2.75) is 13.8 Å². The van der Waals surface area contributed by atoms with Crippen LogP contribution in [-0.2, 0) is 4.79 Å². The first kappa shape index (κ1) is 22.5. The highest BCUT2D eigenvalue weighted by Gasteiger charge is 2.18. The van der Waals surface area contributed by atoms with Crippen molar-refractivity contribution in [3.05, 3.63) is 73.2 Å². The summed E-state index contributed by atoms with van der Waals surface area (Å²) in [4.78, 5) is 33.0. The van der Waals surface area contributed by atoms with Gasteiger partial charge in [0.2, 0.25) is 5.91 Å². The molecule has 1 amide bonds. The zero-order chi connectivity index (χ0) is 25.5. The van der Waals surface area contributed by atoms with E-state index in [0.717, 1.165) is 11.1 Å². The Bertz CT molecular complexity index is 1770. The molecule has 0 bridgehead atoms. The minimum absolute atomic E-state index is 0.122. The molecule has 0 saturated carbocycles. The maximum absolute atomic E-state index is 15.1. The fourth-order valence-electron chi connectivity index (χ4n) is 4.15. The topological polar surface area (TPSA) is 125 Å². The van der Waals surface area contributed by atoms with Gasteiger partial charge in [0.25, 0.3) is 0 Å². The fourth-order valence-corrected chi connectivity index (χ4v) is 4.15. The van der Waals surface area contributed by atoms with E-state index >= 15 is 4.39 Å². The molecule has 0 fully saturated rings. The molecule has 3 N–H and O–H groups in total. The molecular formula is C27H21FN8O. The molecule has 9 nitrogen and oxygen atoms in total. The van der Waals surface area contributed by atoms with Gasteiger partial charge in [-0.05, 0) is 42.0 Å². The predicted molar refractivity (Wildman–Crippen MR) is 139 cm³/mol. The number of aromatic amines is 2. The lowest BCUT2D eigenvalue weighted by Crippen LogP contribution is -2.17. The van der Waals surface area contributed by atoms with E-state index in [1.54, 1.807) is 37.1 Å². The van der Waals surface area contributed by atoms with Gasteiger partial charge >= 0.3 is 0 Å². The number of anilines is 1.